The van der Waals surface area contributed by atoms with Crippen molar-refractivity contribution in [3.63, 3.8) is 0 Å². The van der Waals surface area contributed by atoms with Gasteiger partial charge in [0.1, 0.15) is 0 Å². The van der Waals surface area contributed by atoms with Crippen LogP contribution in [0.5, 0.6) is 0 Å². The van der Waals surface area contributed by atoms with E-state index in [0.717, 1.165) is 30.5 Å². The number of carbonyl (C=O) groups is 1. The summed E-state index contributed by atoms with van der Waals surface area (Å²) in [6.07, 6.45) is 2.03. The summed E-state index contributed by atoms with van der Waals surface area (Å²) in [5, 5.41) is 3.34. The summed E-state index contributed by atoms with van der Waals surface area (Å²) in [5.41, 5.74) is 4.06. The maximum Gasteiger partial charge on any atom is 0.182 e. The number of ketones is 1. The maximum atomic E-state index is 12.6. The van der Waals surface area contributed by atoms with Crippen molar-refractivity contribution < 1.29 is 4.79 Å². The average Bonchev–Trinajstić information content (AvgIpc) is 2.71. The molecule has 92 valence electrons. The number of hydrogen-bond acceptors (Lipinski definition) is 2. The Morgan fingerprint density at radius 1 is 1.18 bits per heavy atom. The first kappa shape index (κ1) is 12.3. The summed E-state index contributed by atoms with van der Waals surface area (Å²) in [5.74, 6) is 0.246. The predicted molar refractivity (Wildman–Crippen MR) is 70.6 cm³/mol. The number of carbonyl (C=O) groups excluding carboxylic acids is 1. The van der Waals surface area contributed by atoms with E-state index in [2.05, 4.69) is 25.2 Å². The van der Waals surface area contributed by atoms with Gasteiger partial charge in [0.15, 0.2) is 5.78 Å². The molecule has 1 fully saturated rings. The quantitative estimate of drug-likeness (QED) is 0.793. The number of rotatable bonds is 2. The zero-order chi connectivity index (χ0) is 12.6. The van der Waals surface area contributed by atoms with Crippen LogP contribution in [0.4, 0.5) is 0 Å². The molecule has 1 saturated heterocycles. The summed E-state index contributed by atoms with van der Waals surface area (Å²) < 4.78 is 0. The van der Waals surface area contributed by atoms with E-state index in [1.165, 1.54) is 11.1 Å². The predicted octanol–water partition coefficient (Wildman–Crippen LogP) is 2.94. The van der Waals surface area contributed by atoms with Gasteiger partial charge in [0.05, 0.1) is 5.54 Å². The van der Waals surface area contributed by atoms with E-state index in [0.29, 0.717) is 0 Å². The molecule has 1 unspecified atom stereocenters. The molecule has 2 rings (SSSR count). The van der Waals surface area contributed by atoms with Crippen molar-refractivity contribution in [3.05, 3.63) is 34.4 Å². The van der Waals surface area contributed by atoms with Gasteiger partial charge in [-0.2, -0.15) is 0 Å². The van der Waals surface area contributed by atoms with Gasteiger partial charge in [0.25, 0.3) is 0 Å². The van der Waals surface area contributed by atoms with Crippen LogP contribution in [0, 0.1) is 20.8 Å². The molecule has 1 aliphatic heterocycles. The molecular formula is C15H21NO. The molecule has 1 N–H and O–H groups in total. The zero-order valence-electron chi connectivity index (χ0n) is 11.2. The van der Waals surface area contributed by atoms with Gasteiger partial charge in [0.2, 0.25) is 0 Å². The van der Waals surface area contributed by atoms with Crippen LogP contribution in [0.1, 0.15) is 46.8 Å². The van der Waals surface area contributed by atoms with Crippen LogP contribution in [0.3, 0.4) is 0 Å². The molecule has 2 nitrogen and oxygen atoms in total. The highest BCUT2D eigenvalue weighted by atomic mass is 16.1. The van der Waals surface area contributed by atoms with E-state index in [-0.39, 0.29) is 11.3 Å². The molecule has 0 saturated carbocycles. The smallest absolute Gasteiger partial charge is 0.182 e. The lowest BCUT2D eigenvalue weighted by molar-refractivity contribution is 0.0883. The fraction of sp³-hybridized carbons (Fsp3) is 0.533. The Kier molecular flexibility index (Phi) is 3.09. The Balaban J connectivity index is 2.40. The first-order valence-electron chi connectivity index (χ1n) is 6.32. The van der Waals surface area contributed by atoms with Crippen molar-refractivity contribution >= 4 is 5.78 Å². The number of benzene rings is 1. The van der Waals surface area contributed by atoms with Gasteiger partial charge in [-0.1, -0.05) is 6.07 Å². The Morgan fingerprint density at radius 2 is 1.82 bits per heavy atom. The van der Waals surface area contributed by atoms with Crippen LogP contribution in [-0.2, 0) is 0 Å². The second kappa shape index (κ2) is 4.26. The lowest BCUT2D eigenvalue weighted by Crippen LogP contribution is -2.44. The Labute approximate surface area is 103 Å². The van der Waals surface area contributed by atoms with Crippen LogP contribution in [0.2, 0.25) is 0 Å². The first-order chi connectivity index (χ1) is 7.94. The molecule has 0 spiro atoms. The fourth-order valence-electron chi connectivity index (χ4n) is 2.59. The van der Waals surface area contributed by atoms with Gasteiger partial charge in [-0.3, -0.25) is 4.79 Å². The summed E-state index contributed by atoms with van der Waals surface area (Å²) in [6.45, 7) is 9.16. The molecular weight excluding hydrogens is 210 g/mol. The molecule has 17 heavy (non-hydrogen) atoms. The molecule has 1 aromatic carbocycles. The van der Waals surface area contributed by atoms with Gasteiger partial charge >= 0.3 is 0 Å². The lowest BCUT2D eigenvalue weighted by Gasteiger charge is -2.24. The molecule has 1 atom stereocenters. The van der Waals surface area contributed by atoms with E-state index in [1.807, 2.05) is 19.9 Å². The van der Waals surface area contributed by atoms with Gasteiger partial charge in [0, 0.05) is 5.56 Å². The number of hydrogen-bond donors (Lipinski definition) is 1. The van der Waals surface area contributed by atoms with E-state index in [4.69, 9.17) is 0 Å². The fourth-order valence-corrected chi connectivity index (χ4v) is 2.59. The minimum atomic E-state index is -0.355. The monoisotopic (exact) mass is 231 g/mol. The molecule has 0 aliphatic carbocycles. The van der Waals surface area contributed by atoms with Crippen molar-refractivity contribution in [1.82, 2.24) is 5.32 Å². The van der Waals surface area contributed by atoms with Crippen LogP contribution < -0.4 is 5.32 Å². The molecule has 2 heteroatoms. The third-order valence-electron chi connectivity index (χ3n) is 3.96. The highest BCUT2D eigenvalue weighted by Crippen LogP contribution is 2.26. The van der Waals surface area contributed by atoms with Crippen molar-refractivity contribution in [1.29, 1.82) is 0 Å². The topological polar surface area (TPSA) is 29.1 Å². The molecule has 0 amide bonds. The molecule has 1 heterocycles. The number of Topliss-reactive ketones (excluding diaryl/α,β-unsaturated/α-hetero) is 1. The normalized spacial score (nSPS) is 24.0. The number of nitrogens with one attached hydrogen (secondary N) is 1. The second-order valence-electron chi connectivity index (χ2n) is 5.44. The Morgan fingerprint density at radius 3 is 2.41 bits per heavy atom. The largest absolute Gasteiger partial charge is 0.305 e. The average molecular weight is 231 g/mol. The Bertz CT molecular complexity index is 456. The minimum absolute atomic E-state index is 0.246. The van der Waals surface area contributed by atoms with Crippen molar-refractivity contribution in [2.45, 2.75) is 46.1 Å². The molecule has 0 radical (unpaired) electrons. The number of aryl methyl sites for hydroxylation is 3. The van der Waals surface area contributed by atoms with Crippen LogP contribution >= 0.6 is 0 Å². The molecule has 0 bridgehead atoms. The van der Waals surface area contributed by atoms with Crippen molar-refractivity contribution in [3.8, 4) is 0 Å². The maximum absolute atomic E-state index is 12.6. The lowest BCUT2D eigenvalue weighted by atomic mass is 9.86. The van der Waals surface area contributed by atoms with Crippen molar-refractivity contribution in [2.24, 2.45) is 0 Å². The third kappa shape index (κ3) is 2.14. The van der Waals surface area contributed by atoms with E-state index in [1.54, 1.807) is 0 Å². The third-order valence-corrected chi connectivity index (χ3v) is 3.96. The second-order valence-corrected chi connectivity index (χ2v) is 5.44. The summed E-state index contributed by atoms with van der Waals surface area (Å²) >= 11 is 0. The van der Waals surface area contributed by atoms with Crippen molar-refractivity contribution in [2.75, 3.05) is 6.54 Å². The highest BCUT2D eigenvalue weighted by Gasteiger charge is 2.36. The SMILES string of the molecule is Cc1cc(C)c(C(=O)C2(C)CCCN2)cc1C. The van der Waals surface area contributed by atoms with E-state index in [9.17, 15) is 4.79 Å². The van der Waals surface area contributed by atoms with E-state index >= 15 is 0 Å². The highest BCUT2D eigenvalue weighted by molar-refractivity contribution is 6.04. The van der Waals surface area contributed by atoms with Crippen LogP contribution in [0.15, 0.2) is 12.1 Å². The summed E-state index contributed by atoms with van der Waals surface area (Å²) in [4.78, 5) is 12.6. The van der Waals surface area contributed by atoms with Gasteiger partial charge in [-0.25, -0.2) is 0 Å². The summed E-state index contributed by atoms with van der Waals surface area (Å²) in [6, 6.07) is 4.15. The van der Waals surface area contributed by atoms with Gasteiger partial charge in [-0.15, -0.1) is 0 Å². The van der Waals surface area contributed by atoms with E-state index < -0.39 is 0 Å². The van der Waals surface area contributed by atoms with Crippen LogP contribution in [0.25, 0.3) is 0 Å². The molecule has 1 aliphatic rings. The molecule has 0 aromatic heterocycles. The van der Waals surface area contributed by atoms with Crippen LogP contribution in [-0.4, -0.2) is 17.9 Å². The van der Waals surface area contributed by atoms with Gasteiger partial charge in [-0.05, 0) is 69.8 Å². The molecule has 1 aromatic rings. The minimum Gasteiger partial charge on any atom is -0.305 e. The first-order valence-corrected chi connectivity index (χ1v) is 6.32. The summed E-state index contributed by atoms with van der Waals surface area (Å²) in [7, 11) is 0. The Hall–Kier alpha value is -1.15. The zero-order valence-corrected chi connectivity index (χ0v) is 11.2. The van der Waals surface area contributed by atoms with Gasteiger partial charge < -0.3 is 5.32 Å². The standard InChI is InChI=1S/C15H21NO/c1-10-8-12(3)13(9-11(10)2)14(17)15(4)6-5-7-16-15/h8-9,16H,5-7H2,1-4H3.